The number of nitrogens with zero attached hydrogens (tertiary/aromatic N) is 1. The lowest BCUT2D eigenvalue weighted by molar-refractivity contribution is -0.144. The smallest absolute Gasteiger partial charge is 0.323 e. The van der Waals surface area contributed by atoms with Gasteiger partial charge < -0.3 is 15.0 Å². The second-order valence-electron chi connectivity index (χ2n) is 5.13. The molecular weight excluding hydrogens is 264 g/mol. The summed E-state index contributed by atoms with van der Waals surface area (Å²) in [6.45, 7) is 6.24. The van der Waals surface area contributed by atoms with Crippen molar-refractivity contribution in [3.05, 3.63) is 53.3 Å². The van der Waals surface area contributed by atoms with Crippen molar-refractivity contribution in [1.82, 2.24) is 4.57 Å². The number of para-hydroxylation sites is 1. The van der Waals surface area contributed by atoms with E-state index in [1.165, 1.54) is 0 Å². The van der Waals surface area contributed by atoms with Gasteiger partial charge in [0.25, 0.3) is 0 Å². The Kier molecular flexibility index (Phi) is 4.81. The van der Waals surface area contributed by atoms with Crippen LogP contribution in [0.25, 0.3) is 5.69 Å². The lowest BCUT2D eigenvalue weighted by Crippen LogP contribution is -2.34. The molecule has 2 N–H and O–H groups in total. The zero-order chi connectivity index (χ0) is 15.4. The molecule has 0 saturated heterocycles. The summed E-state index contributed by atoms with van der Waals surface area (Å²) in [5, 5.41) is 0. The first-order chi connectivity index (χ1) is 10.0. The molecule has 0 aliphatic heterocycles. The molecule has 21 heavy (non-hydrogen) atoms. The molecule has 4 nitrogen and oxygen atoms in total. The Bertz CT molecular complexity index is 617. The summed E-state index contributed by atoms with van der Waals surface area (Å²) < 4.78 is 7.14. The number of esters is 1. The minimum Gasteiger partial charge on any atom is -0.465 e. The summed E-state index contributed by atoms with van der Waals surface area (Å²) in [7, 11) is 0. The Balaban J connectivity index is 2.26. The third-order valence-electron chi connectivity index (χ3n) is 3.58. The molecule has 0 aliphatic carbocycles. The summed E-state index contributed by atoms with van der Waals surface area (Å²) in [6, 6.07) is 11.6. The fourth-order valence-electron chi connectivity index (χ4n) is 2.58. The lowest BCUT2D eigenvalue weighted by atomic mass is 10.1. The molecule has 112 valence electrons. The first kappa shape index (κ1) is 15.3. The summed E-state index contributed by atoms with van der Waals surface area (Å²) in [5.41, 5.74) is 10.4. The fraction of sp³-hybridized carbons (Fsp3) is 0.353. The highest BCUT2D eigenvalue weighted by Crippen LogP contribution is 2.21. The molecule has 0 radical (unpaired) electrons. The van der Waals surface area contributed by atoms with Gasteiger partial charge in [-0.15, -0.1) is 0 Å². The molecule has 1 heterocycles. The molecule has 1 atom stereocenters. The lowest BCUT2D eigenvalue weighted by Gasteiger charge is -2.12. The molecule has 4 heteroatoms. The van der Waals surface area contributed by atoms with E-state index >= 15 is 0 Å². The average molecular weight is 286 g/mol. The Morgan fingerprint density at radius 2 is 1.95 bits per heavy atom. The third-order valence-corrected chi connectivity index (χ3v) is 3.58. The van der Waals surface area contributed by atoms with Gasteiger partial charge in [-0.1, -0.05) is 18.2 Å². The van der Waals surface area contributed by atoms with Crippen molar-refractivity contribution in [3.8, 4) is 5.69 Å². The number of hydrogen-bond acceptors (Lipinski definition) is 3. The van der Waals surface area contributed by atoms with Crippen molar-refractivity contribution in [2.45, 2.75) is 33.2 Å². The molecule has 2 rings (SSSR count). The Hall–Kier alpha value is -2.07. The molecule has 0 bridgehead atoms. The maximum absolute atomic E-state index is 11.7. The predicted molar refractivity (Wildman–Crippen MR) is 83.6 cm³/mol. The zero-order valence-corrected chi connectivity index (χ0v) is 12.8. The summed E-state index contributed by atoms with van der Waals surface area (Å²) >= 11 is 0. The molecule has 0 spiro atoms. The maximum Gasteiger partial charge on any atom is 0.323 e. The molecule has 1 aromatic carbocycles. The van der Waals surface area contributed by atoms with E-state index < -0.39 is 6.04 Å². The quantitative estimate of drug-likeness (QED) is 0.859. The molecule has 0 aliphatic rings. The van der Waals surface area contributed by atoms with Crippen LogP contribution in [0, 0.1) is 13.8 Å². The van der Waals surface area contributed by atoms with Gasteiger partial charge in [0.05, 0.1) is 6.61 Å². The highest BCUT2D eigenvalue weighted by molar-refractivity contribution is 5.76. The van der Waals surface area contributed by atoms with Gasteiger partial charge >= 0.3 is 5.97 Å². The van der Waals surface area contributed by atoms with Crippen molar-refractivity contribution in [1.29, 1.82) is 0 Å². The number of carbonyl (C=O) groups is 1. The van der Waals surface area contributed by atoms with Gasteiger partial charge in [0.2, 0.25) is 0 Å². The van der Waals surface area contributed by atoms with E-state index in [1.54, 1.807) is 6.92 Å². The van der Waals surface area contributed by atoms with E-state index in [1.807, 2.05) is 25.1 Å². The van der Waals surface area contributed by atoms with Crippen LogP contribution in [0.4, 0.5) is 0 Å². The second kappa shape index (κ2) is 6.59. The Labute approximate surface area is 125 Å². The van der Waals surface area contributed by atoms with Crippen LogP contribution in [-0.4, -0.2) is 23.2 Å². The first-order valence-electron chi connectivity index (χ1n) is 7.20. The van der Waals surface area contributed by atoms with E-state index in [9.17, 15) is 4.79 Å². The van der Waals surface area contributed by atoms with Crippen molar-refractivity contribution in [3.63, 3.8) is 0 Å². The van der Waals surface area contributed by atoms with Crippen molar-refractivity contribution in [2.75, 3.05) is 6.61 Å². The largest absolute Gasteiger partial charge is 0.465 e. The predicted octanol–water partition coefficient (Wildman–Crippen LogP) is 2.53. The monoisotopic (exact) mass is 286 g/mol. The van der Waals surface area contributed by atoms with E-state index in [2.05, 4.69) is 29.7 Å². The minimum absolute atomic E-state index is 0.345. The molecule has 0 amide bonds. The Morgan fingerprint density at radius 1 is 1.29 bits per heavy atom. The summed E-state index contributed by atoms with van der Waals surface area (Å²) in [4.78, 5) is 11.7. The number of benzene rings is 1. The van der Waals surface area contributed by atoms with Crippen LogP contribution in [0.1, 0.15) is 23.9 Å². The number of nitrogens with two attached hydrogens (primary N) is 1. The molecule has 0 saturated carbocycles. The number of aromatic nitrogens is 1. The number of ether oxygens (including phenoxy) is 1. The number of carbonyl (C=O) groups excluding carboxylic acids is 1. The number of aryl methyl sites for hydroxylation is 1. The van der Waals surface area contributed by atoms with Gasteiger partial charge in [0.1, 0.15) is 6.04 Å². The van der Waals surface area contributed by atoms with Crippen molar-refractivity contribution >= 4 is 5.97 Å². The van der Waals surface area contributed by atoms with E-state index in [4.69, 9.17) is 10.5 Å². The highest BCUT2D eigenvalue weighted by atomic mass is 16.5. The topological polar surface area (TPSA) is 57.2 Å². The van der Waals surface area contributed by atoms with Crippen LogP contribution in [0.2, 0.25) is 0 Å². The van der Waals surface area contributed by atoms with Gasteiger partial charge in [-0.05, 0) is 44.5 Å². The normalized spacial score (nSPS) is 12.2. The first-order valence-corrected chi connectivity index (χ1v) is 7.20. The van der Waals surface area contributed by atoms with Gasteiger partial charge in [-0.2, -0.15) is 0 Å². The summed E-state index contributed by atoms with van der Waals surface area (Å²) in [5.74, 6) is -0.345. The van der Waals surface area contributed by atoms with Crippen molar-refractivity contribution < 1.29 is 9.53 Å². The molecule has 1 unspecified atom stereocenters. The summed E-state index contributed by atoms with van der Waals surface area (Å²) in [6.07, 6.45) is 0.491. The van der Waals surface area contributed by atoms with Gasteiger partial charge in [0.15, 0.2) is 0 Å². The highest BCUT2D eigenvalue weighted by Gasteiger charge is 2.19. The van der Waals surface area contributed by atoms with E-state index in [-0.39, 0.29) is 5.97 Å². The van der Waals surface area contributed by atoms with Crippen LogP contribution < -0.4 is 5.73 Å². The maximum atomic E-state index is 11.7. The molecule has 2 aromatic rings. The van der Waals surface area contributed by atoms with E-state index in [0.29, 0.717) is 13.0 Å². The number of rotatable bonds is 5. The Morgan fingerprint density at radius 3 is 2.57 bits per heavy atom. The van der Waals surface area contributed by atoms with Gasteiger partial charge in [-0.3, -0.25) is 4.79 Å². The van der Waals surface area contributed by atoms with Gasteiger partial charge in [-0.25, -0.2) is 0 Å². The standard InChI is InChI=1S/C17H22N2O2/c1-4-21-17(20)16(18)11-14-10-12(2)19(13(14)3)15-8-6-5-7-9-15/h5-10,16H,4,11,18H2,1-3H3. The number of hydrogen-bond donors (Lipinski definition) is 1. The van der Waals surface area contributed by atoms with E-state index in [0.717, 1.165) is 22.6 Å². The van der Waals surface area contributed by atoms with Crippen LogP contribution in [0.5, 0.6) is 0 Å². The van der Waals surface area contributed by atoms with Gasteiger partial charge in [0, 0.05) is 23.5 Å². The average Bonchev–Trinajstić information content (AvgIpc) is 2.74. The zero-order valence-electron chi connectivity index (χ0n) is 12.8. The van der Waals surface area contributed by atoms with Crippen LogP contribution in [0.3, 0.4) is 0 Å². The third kappa shape index (κ3) is 3.34. The second-order valence-corrected chi connectivity index (χ2v) is 5.13. The molecule has 1 aromatic heterocycles. The van der Waals surface area contributed by atoms with Crippen molar-refractivity contribution in [2.24, 2.45) is 5.73 Å². The van der Waals surface area contributed by atoms with Crippen LogP contribution in [0.15, 0.2) is 36.4 Å². The molecule has 0 fully saturated rings. The SMILES string of the molecule is CCOC(=O)C(N)Cc1cc(C)n(-c2ccccc2)c1C. The fourth-order valence-corrected chi connectivity index (χ4v) is 2.58. The minimum atomic E-state index is -0.616. The molecular formula is C17H22N2O2. The van der Waals surface area contributed by atoms with Crippen LogP contribution in [-0.2, 0) is 16.0 Å². The van der Waals surface area contributed by atoms with Crippen LogP contribution >= 0.6 is 0 Å².